The molecule has 0 aliphatic rings. The highest BCUT2D eigenvalue weighted by Gasteiger charge is 2.21. The molecule has 0 amide bonds. The molecule has 0 atom stereocenters. The Kier molecular flexibility index (Phi) is 7.46. The molecule has 262 valence electrons. The fourth-order valence-electron chi connectivity index (χ4n) is 8.44. The zero-order valence-electron chi connectivity index (χ0n) is 30.4. The summed E-state index contributed by atoms with van der Waals surface area (Å²) in [6.07, 6.45) is 0. The molecule has 0 radical (unpaired) electrons. The Labute approximate surface area is 324 Å². The minimum absolute atomic E-state index is 0.699. The fraction of sp³-hybridized carbons (Fsp3) is 0. The van der Waals surface area contributed by atoms with Crippen LogP contribution in [0.2, 0.25) is 0 Å². The molecule has 4 nitrogen and oxygen atoms in total. The molecule has 0 unspecified atom stereocenters. The van der Waals surface area contributed by atoms with E-state index in [1.54, 1.807) is 0 Å². The average molecular weight is 715 g/mol. The summed E-state index contributed by atoms with van der Waals surface area (Å²) in [6.45, 7) is 0. The SMILES string of the molecule is c1ccc(-c2nc(-c3ccc(-n4c5ccccc5c5c4ccc4c6ccccc6n(-c6ccccc6)c45)cc3)cc(-c3ccccc3-c3ccccc3)n2)cc1. The largest absolute Gasteiger partial charge is 0.309 e. The van der Waals surface area contributed by atoms with Crippen LogP contribution >= 0.6 is 0 Å². The second kappa shape index (κ2) is 13.1. The highest BCUT2D eigenvalue weighted by molar-refractivity contribution is 6.26. The predicted octanol–water partition coefficient (Wildman–Crippen LogP) is 13.3. The lowest BCUT2D eigenvalue weighted by molar-refractivity contribution is 1.17. The Morgan fingerprint density at radius 1 is 0.321 bits per heavy atom. The average Bonchev–Trinajstić information content (AvgIpc) is 3.80. The lowest BCUT2D eigenvalue weighted by Crippen LogP contribution is -1.98. The molecule has 0 N–H and O–H groups in total. The minimum atomic E-state index is 0.699. The van der Waals surface area contributed by atoms with Crippen LogP contribution < -0.4 is 0 Å². The number of nitrogens with zero attached hydrogens (tertiary/aromatic N) is 4. The Morgan fingerprint density at radius 2 is 0.875 bits per heavy atom. The van der Waals surface area contributed by atoms with E-state index in [0.29, 0.717) is 5.82 Å². The Hall–Kier alpha value is -7.56. The Balaban J connectivity index is 1.10. The van der Waals surface area contributed by atoms with E-state index in [0.717, 1.165) is 50.6 Å². The van der Waals surface area contributed by atoms with E-state index >= 15 is 0 Å². The molecule has 11 aromatic rings. The van der Waals surface area contributed by atoms with Crippen molar-refractivity contribution in [3.05, 3.63) is 206 Å². The second-order valence-corrected chi connectivity index (χ2v) is 14.2. The third kappa shape index (κ3) is 5.15. The molecule has 4 heteroatoms. The van der Waals surface area contributed by atoms with Crippen molar-refractivity contribution < 1.29 is 0 Å². The van der Waals surface area contributed by atoms with Gasteiger partial charge in [0.05, 0.1) is 33.5 Å². The van der Waals surface area contributed by atoms with E-state index in [1.807, 2.05) is 18.2 Å². The molecule has 0 bridgehead atoms. The summed E-state index contributed by atoms with van der Waals surface area (Å²) in [7, 11) is 0. The number of hydrogen-bond donors (Lipinski definition) is 0. The van der Waals surface area contributed by atoms with Gasteiger partial charge in [-0.3, -0.25) is 0 Å². The maximum Gasteiger partial charge on any atom is 0.160 e. The molecule has 11 rings (SSSR count). The van der Waals surface area contributed by atoms with Gasteiger partial charge in [0.15, 0.2) is 5.82 Å². The van der Waals surface area contributed by atoms with Gasteiger partial charge < -0.3 is 9.13 Å². The first-order valence-electron chi connectivity index (χ1n) is 19.0. The molecular formula is C52H34N4. The molecule has 0 aliphatic carbocycles. The van der Waals surface area contributed by atoms with Crippen molar-refractivity contribution >= 4 is 43.6 Å². The molecule has 0 fully saturated rings. The van der Waals surface area contributed by atoms with Gasteiger partial charge in [0, 0.05) is 49.6 Å². The van der Waals surface area contributed by atoms with Gasteiger partial charge in [0.1, 0.15) is 0 Å². The maximum atomic E-state index is 5.17. The number of fused-ring (bicyclic) bond motifs is 7. The quantitative estimate of drug-likeness (QED) is 0.172. The first-order chi connectivity index (χ1) is 27.8. The molecule has 0 saturated heterocycles. The van der Waals surface area contributed by atoms with Gasteiger partial charge in [-0.15, -0.1) is 0 Å². The van der Waals surface area contributed by atoms with Crippen molar-refractivity contribution in [2.24, 2.45) is 0 Å². The molecule has 8 aromatic carbocycles. The highest BCUT2D eigenvalue weighted by atomic mass is 15.0. The molecule has 3 heterocycles. The van der Waals surface area contributed by atoms with Crippen LogP contribution in [0.15, 0.2) is 206 Å². The summed E-state index contributed by atoms with van der Waals surface area (Å²) >= 11 is 0. The Morgan fingerprint density at radius 3 is 1.61 bits per heavy atom. The summed E-state index contributed by atoms with van der Waals surface area (Å²) in [6, 6.07) is 73.0. The number of para-hydroxylation sites is 3. The maximum absolute atomic E-state index is 5.17. The van der Waals surface area contributed by atoms with Gasteiger partial charge in [-0.25, -0.2) is 9.97 Å². The summed E-state index contributed by atoms with van der Waals surface area (Å²) in [4.78, 5) is 10.3. The van der Waals surface area contributed by atoms with Gasteiger partial charge >= 0.3 is 0 Å². The topological polar surface area (TPSA) is 35.6 Å². The molecule has 0 spiro atoms. The highest BCUT2D eigenvalue weighted by Crippen LogP contribution is 2.42. The van der Waals surface area contributed by atoms with Crippen molar-refractivity contribution in [1.29, 1.82) is 0 Å². The third-order valence-electron chi connectivity index (χ3n) is 11.0. The van der Waals surface area contributed by atoms with Crippen LogP contribution in [0.5, 0.6) is 0 Å². The van der Waals surface area contributed by atoms with Crippen LogP contribution in [-0.4, -0.2) is 19.1 Å². The minimum Gasteiger partial charge on any atom is -0.309 e. The van der Waals surface area contributed by atoms with E-state index in [4.69, 9.17) is 9.97 Å². The van der Waals surface area contributed by atoms with Gasteiger partial charge in [0.2, 0.25) is 0 Å². The second-order valence-electron chi connectivity index (χ2n) is 14.2. The fourth-order valence-corrected chi connectivity index (χ4v) is 8.44. The number of aromatic nitrogens is 4. The molecular weight excluding hydrogens is 681 g/mol. The van der Waals surface area contributed by atoms with Crippen LogP contribution in [0.25, 0.3) is 100 Å². The number of benzene rings is 8. The summed E-state index contributed by atoms with van der Waals surface area (Å²) in [5.74, 6) is 0.699. The van der Waals surface area contributed by atoms with E-state index in [1.165, 1.54) is 43.6 Å². The van der Waals surface area contributed by atoms with Gasteiger partial charge in [0.25, 0.3) is 0 Å². The lowest BCUT2D eigenvalue weighted by Gasteiger charge is -2.13. The van der Waals surface area contributed by atoms with E-state index in [9.17, 15) is 0 Å². The smallest absolute Gasteiger partial charge is 0.160 e. The van der Waals surface area contributed by atoms with E-state index < -0.39 is 0 Å². The lowest BCUT2D eigenvalue weighted by atomic mass is 9.96. The molecule has 0 aliphatic heterocycles. The van der Waals surface area contributed by atoms with Gasteiger partial charge in [-0.2, -0.15) is 0 Å². The summed E-state index contributed by atoms with van der Waals surface area (Å²) in [5.41, 5.74) is 14.1. The van der Waals surface area contributed by atoms with Crippen molar-refractivity contribution in [3.63, 3.8) is 0 Å². The van der Waals surface area contributed by atoms with Gasteiger partial charge in [-0.05, 0) is 59.7 Å². The number of rotatable bonds is 6. The van der Waals surface area contributed by atoms with Crippen molar-refractivity contribution in [3.8, 4) is 56.4 Å². The van der Waals surface area contributed by atoms with Crippen LogP contribution in [0.3, 0.4) is 0 Å². The zero-order chi connectivity index (χ0) is 37.0. The standard InChI is InChI=1S/C52H34N4/c1-4-16-35(17-5-1)40-22-10-11-23-41(40)46-34-45(53-52(54-46)37-18-6-2-7-19-37)36-28-30-39(31-29-36)55-48-27-15-13-25-44(48)50-49(55)33-32-43-42-24-12-14-26-47(42)56(51(43)50)38-20-8-3-9-21-38/h1-34H. The monoisotopic (exact) mass is 714 g/mol. The molecule has 0 saturated carbocycles. The van der Waals surface area contributed by atoms with Crippen LogP contribution in [-0.2, 0) is 0 Å². The number of hydrogen-bond acceptors (Lipinski definition) is 2. The van der Waals surface area contributed by atoms with Crippen molar-refractivity contribution in [1.82, 2.24) is 19.1 Å². The van der Waals surface area contributed by atoms with Gasteiger partial charge in [-0.1, -0.05) is 158 Å². The zero-order valence-corrected chi connectivity index (χ0v) is 30.4. The van der Waals surface area contributed by atoms with Crippen LogP contribution in [0.1, 0.15) is 0 Å². The normalized spacial score (nSPS) is 11.6. The third-order valence-corrected chi connectivity index (χ3v) is 11.0. The van der Waals surface area contributed by atoms with Crippen LogP contribution in [0.4, 0.5) is 0 Å². The van der Waals surface area contributed by atoms with E-state index in [2.05, 4.69) is 197 Å². The summed E-state index contributed by atoms with van der Waals surface area (Å²) < 4.78 is 4.83. The first kappa shape index (κ1) is 31.9. The molecule has 56 heavy (non-hydrogen) atoms. The molecule has 3 aromatic heterocycles. The van der Waals surface area contributed by atoms with Crippen molar-refractivity contribution in [2.75, 3.05) is 0 Å². The van der Waals surface area contributed by atoms with E-state index in [-0.39, 0.29) is 0 Å². The van der Waals surface area contributed by atoms with Crippen molar-refractivity contribution in [2.45, 2.75) is 0 Å². The summed E-state index contributed by atoms with van der Waals surface area (Å²) in [5, 5.41) is 4.96. The predicted molar refractivity (Wildman–Crippen MR) is 232 cm³/mol. The van der Waals surface area contributed by atoms with Crippen LogP contribution in [0, 0.1) is 0 Å². The Bertz CT molecular complexity index is 3220. The first-order valence-corrected chi connectivity index (χ1v) is 19.0.